The molecule has 1 aliphatic heterocycles. The molecule has 0 bridgehead atoms. The Kier molecular flexibility index (Phi) is 6.78. The van der Waals surface area contributed by atoms with Crippen molar-refractivity contribution in [2.24, 2.45) is 5.73 Å². The van der Waals surface area contributed by atoms with Gasteiger partial charge in [0.05, 0.1) is 12.1 Å². The molecule has 37 heavy (non-hydrogen) atoms. The molecule has 0 spiro atoms. The number of halogens is 3. The molecule has 0 amide bonds. The molecule has 2 atom stereocenters. The predicted octanol–water partition coefficient (Wildman–Crippen LogP) is 4.39. The van der Waals surface area contributed by atoms with Crippen LogP contribution in [0.4, 0.5) is 13.2 Å². The molecule has 4 aromatic rings. The van der Waals surface area contributed by atoms with Crippen molar-refractivity contribution in [3.05, 3.63) is 54.2 Å². The molecule has 0 unspecified atom stereocenters. The standard InChI is InChI=1S/C26H29F3N6O2/c1-3-36-12-13-37-19-7-4-17-5-8-20(31-21(17)14-19)24-33-32-22-9-6-18(15-35(22)24)23(26(27,28)29)34-11-10-25(2,30)16-34/h4-9,14-15,23H,3,10-13,16,30H2,1-2H3/t23-,25-/m0/s1. The van der Waals surface area contributed by atoms with Gasteiger partial charge in [0.25, 0.3) is 0 Å². The molecule has 8 nitrogen and oxygen atoms in total. The zero-order valence-corrected chi connectivity index (χ0v) is 20.7. The maximum Gasteiger partial charge on any atom is 0.408 e. The molecule has 0 saturated carbocycles. The zero-order chi connectivity index (χ0) is 26.2. The van der Waals surface area contributed by atoms with Gasteiger partial charge in [-0.1, -0.05) is 12.1 Å². The van der Waals surface area contributed by atoms with Crippen LogP contribution in [0.3, 0.4) is 0 Å². The zero-order valence-electron chi connectivity index (χ0n) is 20.7. The third-order valence-corrected chi connectivity index (χ3v) is 6.54. The van der Waals surface area contributed by atoms with Crippen molar-refractivity contribution < 1.29 is 22.6 Å². The van der Waals surface area contributed by atoms with Crippen molar-refractivity contribution in [1.29, 1.82) is 0 Å². The van der Waals surface area contributed by atoms with Gasteiger partial charge in [-0.25, -0.2) is 4.98 Å². The van der Waals surface area contributed by atoms with E-state index in [1.807, 2.05) is 31.2 Å². The Balaban J connectivity index is 1.49. The molecule has 0 aliphatic carbocycles. The van der Waals surface area contributed by atoms with Crippen molar-refractivity contribution in [3.8, 4) is 17.3 Å². The number of hydrogen-bond donors (Lipinski definition) is 1. The van der Waals surface area contributed by atoms with Crippen molar-refractivity contribution in [1.82, 2.24) is 24.5 Å². The van der Waals surface area contributed by atoms with E-state index in [1.165, 1.54) is 17.2 Å². The van der Waals surface area contributed by atoms with Gasteiger partial charge in [-0.05, 0) is 50.1 Å². The van der Waals surface area contributed by atoms with E-state index in [1.54, 1.807) is 23.5 Å². The van der Waals surface area contributed by atoms with Crippen LogP contribution in [0.25, 0.3) is 28.1 Å². The molecule has 4 heterocycles. The number of pyridine rings is 2. The van der Waals surface area contributed by atoms with Gasteiger partial charge < -0.3 is 15.2 Å². The van der Waals surface area contributed by atoms with Gasteiger partial charge in [-0.15, -0.1) is 10.2 Å². The van der Waals surface area contributed by atoms with Crippen molar-refractivity contribution >= 4 is 16.6 Å². The van der Waals surface area contributed by atoms with E-state index in [2.05, 4.69) is 10.2 Å². The van der Waals surface area contributed by atoms with Gasteiger partial charge in [0.2, 0.25) is 0 Å². The lowest BCUT2D eigenvalue weighted by atomic mass is 10.0. The van der Waals surface area contributed by atoms with Crippen molar-refractivity contribution in [3.63, 3.8) is 0 Å². The average Bonchev–Trinajstić information content (AvgIpc) is 3.43. The second kappa shape index (κ2) is 9.88. The van der Waals surface area contributed by atoms with Gasteiger partial charge in [-0.2, -0.15) is 13.2 Å². The molecule has 5 rings (SSSR count). The smallest absolute Gasteiger partial charge is 0.408 e. The van der Waals surface area contributed by atoms with Gasteiger partial charge in [0.1, 0.15) is 24.1 Å². The summed E-state index contributed by atoms with van der Waals surface area (Å²) >= 11 is 0. The fraction of sp³-hybridized carbons (Fsp3) is 0.423. The summed E-state index contributed by atoms with van der Waals surface area (Å²) in [5.41, 5.74) is 7.18. The highest BCUT2D eigenvalue weighted by atomic mass is 19.4. The van der Waals surface area contributed by atoms with Crippen LogP contribution in [-0.2, 0) is 4.74 Å². The van der Waals surface area contributed by atoms with E-state index in [-0.39, 0.29) is 18.7 Å². The van der Waals surface area contributed by atoms with E-state index < -0.39 is 17.8 Å². The Hall–Kier alpha value is -3.28. The van der Waals surface area contributed by atoms with E-state index in [9.17, 15) is 13.2 Å². The highest BCUT2D eigenvalue weighted by Gasteiger charge is 2.48. The molecule has 196 valence electrons. The van der Waals surface area contributed by atoms with Crippen LogP contribution in [0.2, 0.25) is 0 Å². The SMILES string of the molecule is CCOCCOc1ccc2ccc(-c3nnc4ccc([C@H](N5CC[C@](C)(N)C5)C(F)(F)F)cn34)nc2c1. The van der Waals surface area contributed by atoms with Gasteiger partial charge in [-0.3, -0.25) is 9.30 Å². The average molecular weight is 515 g/mol. The monoisotopic (exact) mass is 514 g/mol. The Morgan fingerprint density at radius 3 is 2.65 bits per heavy atom. The second-order valence-electron chi connectivity index (χ2n) is 9.63. The Morgan fingerprint density at radius 1 is 1.11 bits per heavy atom. The lowest BCUT2D eigenvalue weighted by molar-refractivity contribution is -0.184. The quantitative estimate of drug-likeness (QED) is 0.349. The van der Waals surface area contributed by atoms with Crippen LogP contribution in [0.1, 0.15) is 31.9 Å². The minimum Gasteiger partial charge on any atom is -0.491 e. The van der Waals surface area contributed by atoms with Crippen LogP contribution >= 0.6 is 0 Å². The first-order chi connectivity index (χ1) is 17.6. The third kappa shape index (κ3) is 5.39. The third-order valence-electron chi connectivity index (χ3n) is 6.54. The van der Waals surface area contributed by atoms with E-state index in [0.29, 0.717) is 54.7 Å². The summed E-state index contributed by atoms with van der Waals surface area (Å²) < 4.78 is 55.3. The molecule has 0 radical (unpaired) electrons. The number of rotatable bonds is 8. The molecular weight excluding hydrogens is 485 g/mol. The topological polar surface area (TPSA) is 90.8 Å². The summed E-state index contributed by atoms with van der Waals surface area (Å²) in [5, 5.41) is 9.28. The van der Waals surface area contributed by atoms with Crippen LogP contribution in [0.5, 0.6) is 5.75 Å². The lowest BCUT2D eigenvalue weighted by Gasteiger charge is -2.31. The summed E-state index contributed by atoms with van der Waals surface area (Å²) in [7, 11) is 0. The first-order valence-electron chi connectivity index (χ1n) is 12.2. The highest BCUT2D eigenvalue weighted by Crippen LogP contribution is 2.41. The number of benzene rings is 1. The molecule has 1 fully saturated rings. The Morgan fingerprint density at radius 2 is 1.92 bits per heavy atom. The molecule has 11 heteroatoms. The molecule has 1 aromatic carbocycles. The molecular formula is C26H29F3N6O2. The van der Waals surface area contributed by atoms with E-state index in [4.69, 9.17) is 20.2 Å². The number of fused-ring (bicyclic) bond motifs is 2. The maximum absolute atomic E-state index is 14.2. The first-order valence-corrected chi connectivity index (χ1v) is 12.2. The largest absolute Gasteiger partial charge is 0.491 e. The van der Waals surface area contributed by atoms with Crippen LogP contribution < -0.4 is 10.5 Å². The number of alkyl halides is 3. The minimum atomic E-state index is -4.47. The van der Waals surface area contributed by atoms with Crippen LogP contribution in [0.15, 0.2) is 48.7 Å². The Labute approximate surface area is 212 Å². The Bertz CT molecular complexity index is 1400. The second-order valence-corrected chi connectivity index (χ2v) is 9.63. The number of aromatic nitrogens is 4. The first kappa shape index (κ1) is 25.4. The van der Waals surface area contributed by atoms with Gasteiger partial charge in [0, 0.05) is 42.9 Å². The number of nitrogens with zero attached hydrogens (tertiary/aromatic N) is 5. The number of ether oxygens (including phenoxy) is 2. The fourth-order valence-corrected chi connectivity index (χ4v) is 4.77. The lowest BCUT2D eigenvalue weighted by Crippen LogP contribution is -2.43. The number of likely N-dealkylation sites (tertiary alicyclic amines) is 1. The fourth-order valence-electron chi connectivity index (χ4n) is 4.77. The van der Waals surface area contributed by atoms with E-state index in [0.717, 1.165) is 5.39 Å². The van der Waals surface area contributed by atoms with Gasteiger partial charge >= 0.3 is 6.18 Å². The molecule has 2 N–H and O–H groups in total. The summed E-state index contributed by atoms with van der Waals surface area (Å²) in [6.07, 6.45) is -2.52. The van der Waals surface area contributed by atoms with Crippen LogP contribution in [-0.4, -0.2) is 69.1 Å². The summed E-state index contributed by atoms with van der Waals surface area (Å²) in [5.74, 6) is 1.00. The highest BCUT2D eigenvalue weighted by molar-refractivity contribution is 5.82. The molecule has 1 saturated heterocycles. The minimum absolute atomic E-state index is 0.101. The summed E-state index contributed by atoms with van der Waals surface area (Å²) in [6, 6.07) is 10.5. The normalized spacial score (nSPS) is 19.6. The van der Waals surface area contributed by atoms with Gasteiger partial charge in [0.15, 0.2) is 11.5 Å². The number of nitrogens with two attached hydrogens (primary N) is 1. The predicted molar refractivity (Wildman–Crippen MR) is 133 cm³/mol. The van der Waals surface area contributed by atoms with Crippen LogP contribution in [0, 0.1) is 0 Å². The molecule has 3 aromatic heterocycles. The number of hydrogen-bond acceptors (Lipinski definition) is 7. The molecule has 1 aliphatic rings. The summed E-state index contributed by atoms with van der Waals surface area (Å²) in [4.78, 5) is 6.10. The van der Waals surface area contributed by atoms with E-state index >= 15 is 0 Å². The van der Waals surface area contributed by atoms with Crippen molar-refractivity contribution in [2.75, 3.05) is 32.9 Å². The van der Waals surface area contributed by atoms with Crippen molar-refractivity contribution in [2.45, 2.75) is 38.0 Å². The summed E-state index contributed by atoms with van der Waals surface area (Å²) in [6.45, 7) is 5.64. The maximum atomic E-state index is 14.2.